The van der Waals surface area contributed by atoms with Crippen LogP contribution in [0, 0.1) is 0 Å². The smallest absolute Gasteiger partial charge is 0.256 e. The van der Waals surface area contributed by atoms with Crippen molar-refractivity contribution in [1.82, 2.24) is 19.6 Å². The molecular weight excluding hydrogens is 544 g/mol. The number of fused-ring (bicyclic) bond motifs is 1. The molecular formula is C29H29BrN6O2. The van der Waals surface area contributed by atoms with Crippen molar-refractivity contribution < 1.29 is 9.59 Å². The molecule has 0 fully saturated rings. The summed E-state index contributed by atoms with van der Waals surface area (Å²) in [5, 5.41) is 6.39. The summed E-state index contributed by atoms with van der Waals surface area (Å²) in [6.07, 6.45) is 2.64. The number of rotatable bonds is 4. The maximum Gasteiger partial charge on any atom is 0.256 e. The van der Waals surface area contributed by atoms with Gasteiger partial charge in [0.2, 0.25) is 5.91 Å². The van der Waals surface area contributed by atoms with E-state index in [1.54, 1.807) is 4.90 Å². The van der Waals surface area contributed by atoms with Gasteiger partial charge in [0, 0.05) is 42.5 Å². The van der Waals surface area contributed by atoms with Gasteiger partial charge in [0.25, 0.3) is 5.91 Å². The molecule has 3 aromatic rings. The zero-order chi connectivity index (χ0) is 26.6. The number of hydrogen-bond donors (Lipinski definition) is 0. The van der Waals surface area contributed by atoms with E-state index in [4.69, 9.17) is 5.10 Å². The minimum absolute atomic E-state index is 0.0989. The number of aromatic nitrogens is 2. The first-order valence-corrected chi connectivity index (χ1v) is 13.8. The zero-order valence-corrected chi connectivity index (χ0v) is 23.1. The average Bonchev–Trinajstić information content (AvgIpc) is 3.52. The fourth-order valence-electron chi connectivity index (χ4n) is 5.75. The number of benzene rings is 2. The van der Waals surface area contributed by atoms with Crippen LogP contribution in [0.4, 0.5) is 0 Å². The van der Waals surface area contributed by atoms with Gasteiger partial charge in [-0.2, -0.15) is 5.10 Å². The summed E-state index contributed by atoms with van der Waals surface area (Å²) < 4.78 is 2.87. The molecule has 1 atom stereocenters. The SMILES string of the molecule is C=CC(=O)N1CCc2nn(-c3ccc(C(C)C)cc3)c3c2C(C1)N(C(=O)c1ccc(Br)c2c1=NCN=2)CC3. The second kappa shape index (κ2) is 9.62. The summed E-state index contributed by atoms with van der Waals surface area (Å²) in [6.45, 7) is 9.82. The Labute approximate surface area is 229 Å². The van der Waals surface area contributed by atoms with Gasteiger partial charge in [0.1, 0.15) is 6.67 Å². The van der Waals surface area contributed by atoms with E-state index >= 15 is 0 Å². The quantitative estimate of drug-likeness (QED) is 0.450. The first kappa shape index (κ1) is 24.7. The van der Waals surface area contributed by atoms with E-state index in [2.05, 4.69) is 70.6 Å². The summed E-state index contributed by atoms with van der Waals surface area (Å²) in [7, 11) is 0. The number of hydrogen-bond acceptors (Lipinski definition) is 5. The Morgan fingerprint density at radius 1 is 1.05 bits per heavy atom. The molecule has 0 saturated carbocycles. The van der Waals surface area contributed by atoms with Crippen LogP contribution in [-0.4, -0.2) is 57.7 Å². The number of nitrogens with zero attached hydrogens (tertiary/aromatic N) is 6. The van der Waals surface area contributed by atoms with E-state index in [9.17, 15) is 9.59 Å². The topological polar surface area (TPSA) is 83.2 Å². The van der Waals surface area contributed by atoms with Gasteiger partial charge in [-0.3, -0.25) is 19.6 Å². The van der Waals surface area contributed by atoms with Gasteiger partial charge in [-0.05, 0) is 57.8 Å². The van der Waals surface area contributed by atoms with Gasteiger partial charge in [-0.1, -0.05) is 32.6 Å². The van der Waals surface area contributed by atoms with Gasteiger partial charge in [-0.15, -0.1) is 0 Å². The standard InChI is InChI=1S/C29H29BrN6O2/c1-4-25(37)34-13-11-22-26-23(36(33-22)19-7-5-18(6-8-19)17(2)3)12-14-35(24(26)15-34)29(38)20-9-10-21(30)28-27(20)31-16-32-28/h4-10,17,24H,1,11-16H2,2-3H3. The van der Waals surface area contributed by atoms with Crippen molar-refractivity contribution in [2.45, 2.75) is 38.6 Å². The predicted molar refractivity (Wildman–Crippen MR) is 147 cm³/mol. The Kier molecular flexibility index (Phi) is 6.26. The highest BCUT2D eigenvalue weighted by molar-refractivity contribution is 9.10. The molecule has 8 nitrogen and oxygen atoms in total. The third-order valence-electron chi connectivity index (χ3n) is 7.75. The summed E-state index contributed by atoms with van der Waals surface area (Å²) in [4.78, 5) is 39.4. The van der Waals surface area contributed by atoms with Crippen LogP contribution >= 0.6 is 15.9 Å². The van der Waals surface area contributed by atoms with Crippen LogP contribution in [0.3, 0.4) is 0 Å². The fraction of sp³-hybridized carbons (Fsp3) is 0.345. The third kappa shape index (κ3) is 4.00. The van der Waals surface area contributed by atoms with E-state index in [-0.39, 0.29) is 17.9 Å². The van der Waals surface area contributed by atoms with E-state index < -0.39 is 0 Å². The van der Waals surface area contributed by atoms with Crippen LogP contribution in [0.5, 0.6) is 0 Å². The van der Waals surface area contributed by atoms with E-state index in [0.717, 1.165) is 32.5 Å². The van der Waals surface area contributed by atoms with E-state index in [0.29, 0.717) is 56.0 Å². The molecule has 2 aromatic carbocycles. The monoisotopic (exact) mass is 572 g/mol. The minimum atomic E-state index is -0.311. The molecule has 0 aliphatic carbocycles. The first-order chi connectivity index (χ1) is 18.4. The van der Waals surface area contributed by atoms with Gasteiger partial charge < -0.3 is 9.80 Å². The fourth-order valence-corrected chi connectivity index (χ4v) is 6.20. The molecule has 38 heavy (non-hydrogen) atoms. The van der Waals surface area contributed by atoms with Gasteiger partial charge in [0.15, 0.2) is 0 Å². The highest BCUT2D eigenvalue weighted by Gasteiger charge is 2.40. The van der Waals surface area contributed by atoms with Crippen LogP contribution in [0.1, 0.15) is 58.7 Å². The van der Waals surface area contributed by atoms with Crippen LogP contribution in [0.15, 0.2) is 63.5 Å². The average molecular weight is 573 g/mol. The van der Waals surface area contributed by atoms with Crippen LogP contribution < -0.4 is 10.7 Å². The molecule has 3 aliphatic rings. The normalized spacial score (nSPS) is 17.8. The maximum absolute atomic E-state index is 14.1. The van der Waals surface area contributed by atoms with Crippen LogP contribution in [0.25, 0.3) is 5.69 Å². The molecule has 0 radical (unpaired) electrons. The molecule has 4 heterocycles. The lowest BCUT2D eigenvalue weighted by Crippen LogP contribution is -2.47. The number of halogens is 1. The van der Waals surface area contributed by atoms with Crippen LogP contribution in [-0.2, 0) is 17.6 Å². The first-order valence-electron chi connectivity index (χ1n) is 13.0. The molecule has 3 aliphatic heterocycles. The predicted octanol–water partition coefficient (Wildman–Crippen LogP) is 3.28. The number of amides is 2. The van der Waals surface area contributed by atoms with Gasteiger partial charge in [0.05, 0.1) is 39.4 Å². The molecule has 1 unspecified atom stereocenters. The Morgan fingerprint density at radius 3 is 2.55 bits per heavy atom. The van der Waals surface area contributed by atoms with Crippen molar-refractivity contribution in [3.63, 3.8) is 0 Å². The van der Waals surface area contributed by atoms with Gasteiger partial charge >= 0.3 is 0 Å². The highest BCUT2D eigenvalue weighted by Crippen LogP contribution is 2.37. The van der Waals surface area contributed by atoms with Crippen molar-refractivity contribution >= 4 is 27.7 Å². The van der Waals surface area contributed by atoms with Crippen molar-refractivity contribution in [1.29, 1.82) is 0 Å². The second-order valence-electron chi connectivity index (χ2n) is 10.2. The molecule has 9 heteroatoms. The van der Waals surface area contributed by atoms with Crippen molar-refractivity contribution in [3.05, 3.63) is 92.3 Å². The molecule has 1 aromatic heterocycles. The summed E-state index contributed by atoms with van der Waals surface area (Å²) in [5.41, 5.74) is 5.95. The third-order valence-corrected chi connectivity index (χ3v) is 8.39. The Morgan fingerprint density at radius 2 is 1.82 bits per heavy atom. The van der Waals surface area contributed by atoms with Crippen molar-refractivity contribution in [2.75, 3.05) is 26.3 Å². The minimum Gasteiger partial charge on any atom is -0.336 e. The second-order valence-corrected chi connectivity index (χ2v) is 11.1. The summed E-state index contributed by atoms with van der Waals surface area (Å²) in [6, 6.07) is 11.9. The lowest BCUT2D eigenvalue weighted by Gasteiger charge is -2.37. The highest BCUT2D eigenvalue weighted by atomic mass is 79.9. The summed E-state index contributed by atoms with van der Waals surface area (Å²) >= 11 is 3.53. The van der Waals surface area contributed by atoms with Crippen LogP contribution in [0.2, 0.25) is 0 Å². The summed E-state index contributed by atoms with van der Waals surface area (Å²) in [5.74, 6) is 0.219. The molecule has 0 N–H and O–H groups in total. The van der Waals surface area contributed by atoms with E-state index in [1.165, 1.54) is 11.6 Å². The lowest BCUT2D eigenvalue weighted by atomic mass is 9.94. The van der Waals surface area contributed by atoms with Crippen molar-refractivity contribution in [2.24, 2.45) is 9.98 Å². The maximum atomic E-state index is 14.1. The molecule has 0 bridgehead atoms. The Hall–Kier alpha value is -3.59. The lowest BCUT2D eigenvalue weighted by molar-refractivity contribution is -0.126. The van der Waals surface area contributed by atoms with Crippen molar-refractivity contribution in [3.8, 4) is 5.69 Å². The molecule has 194 valence electrons. The molecule has 2 amide bonds. The zero-order valence-electron chi connectivity index (χ0n) is 21.5. The van der Waals surface area contributed by atoms with E-state index in [1.807, 2.05) is 21.7 Å². The Bertz CT molecular complexity index is 1590. The van der Waals surface area contributed by atoms with Gasteiger partial charge in [-0.25, -0.2) is 4.68 Å². The molecule has 0 spiro atoms. The molecule has 0 saturated heterocycles. The largest absolute Gasteiger partial charge is 0.336 e. The Balaban J connectivity index is 1.44. The molecule has 6 rings (SSSR count). The number of carbonyl (C=O) groups is 2. The number of carbonyl (C=O) groups excluding carboxylic acids is 2.